The van der Waals surface area contributed by atoms with E-state index in [1.807, 2.05) is 35.2 Å². The summed E-state index contributed by atoms with van der Waals surface area (Å²) in [6, 6.07) is 18.3. The van der Waals surface area contributed by atoms with Crippen molar-refractivity contribution in [1.82, 2.24) is 14.3 Å². The molecule has 2 aromatic carbocycles. The number of halogens is 1. The topological polar surface area (TPSA) is 52.9 Å². The van der Waals surface area contributed by atoms with E-state index in [0.717, 1.165) is 57.6 Å². The zero-order valence-electron chi connectivity index (χ0n) is 17.4. The Labute approximate surface area is 189 Å². The number of carbonyl (C=O) groups is 1. The minimum absolute atomic E-state index is 0.0382. The summed E-state index contributed by atoms with van der Waals surface area (Å²) in [5, 5.41) is 3.09. The van der Waals surface area contributed by atoms with Crippen molar-refractivity contribution in [2.75, 3.05) is 36.4 Å². The Morgan fingerprint density at radius 2 is 1.84 bits per heavy atom. The maximum Gasteiger partial charge on any atom is 0.321 e. The Bertz CT molecular complexity index is 1260. The van der Waals surface area contributed by atoms with Crippen molar-refractivity contribution < 1.29 is 4.79 Å². The summed E-state index contributed by atoms with van der Waals surface area (Å²) in [5.41, 5.74) is 5.17. The van der Waals surface area contributed by atoms with Crippen molar-refractivity contribution in [3.05, 3.63) is 70.8 Å². The van der Waals surface area contributed by atoms with Crippen LogP contribution in [0.2, 0.25) is 0 Å². The molecule has 0 atom stereocenters. The van der Waals surface area contributed by atoms with Crippen LogP contribution in [0.5, 0.6) is 0 Å². The molecule has 31 heavy (non-hydrogen) atoms. The number of para-hydroxylation sites is 1. The number of piperazine rings is 1. The third-order valence-corrected chi connectivity index (χ3v) is 6.40. The Morgan fingerprint density at radius 1 is 1.03 bits per heavy atom. The van der Waals surface area contributed by atoms with Gasteiger partial charge in [0.2, 0.25) is 0 Å². The summed E-state index contributed by atoms with van der Waals surface area (Å²) in [7, 11) is 0. The first-order chi connectivity index (χ1) is 15.1. The predicted octanol–water partition coefficient (Wildman–Crippen LogP) is 5.17. The normalized spacial score (nSPS) is 14.4. The highest BCUT2D eigenvalue weighted by atomic mass is 79.9. The third kappa shape index (κ3) is 3.74. The summed E-state index contributed by atoms with van der Waals surface area (Å²) in [5.74, 6) is 0.965. The molecule has 0 aliphatic carbocycles. The van der Waals surface area contributed by atoms with E-state index in [4.69, 9.17) is 4.98 Å². The molecular weight excluding hydrogens is 454 g/mol. The molecule has 7 heteroatoms. The van der Waals surface area contributed by atoms with Crippen molar-refractivity contribution in [3.63, 3.8) is 0 Å². The molecule has 0 unspecified atom stereocenters. The molecule has 2 amide bonds. The molecule has 2 aromatic heterocycles. The van der Waals surface area contributed by atoms with E-state index in [1.54, 1.807) is 0 Å². The van der Waals surface area contributed by atoms with Gasteiger partial charge in [-0.1, -0.05) is 41.1 Å². The number of nitrogens with one attached hydrogen (secondary N) is 1. The van der Waals surface area contributed by atoms with Gasteiger partial charge in [-0.2, -0.15) is 0 Å². The number of anilines is 2. The summed E-state index contributed by atoms with van der Waals surface area (Å²) in [6.45, 7) is 4.91. The fourth-order valence-electron chi connectivity index (χ4n) is 4.23. The smallest absolute Gasteiger partial charge is 0.321 e. The SMILES string of the molecule is CCc1ccccc1NC(=O)N1CCN(c2nc3cc(Br)ccc3n3cccc23)CC1. The van der Waals surface area contributed by atoms with Gasteiger partial charge in [-0.25, -0.2) is 9.78 Å². The van der Waals surface area contributed by atoms with E-state index < -0.39 is 0 Å². The molecule has 0 bridgehead atoms. The summed E-state index contributed by atoms with van der Waals surface area (Å²) < 4.78 is 3.20. The number of hydrogen-bond acceptors (Lipinski definition) is 3. The van der Waals surface area contributed by atoms with Gasteiger partial charge in [0.1, 0.15) is 0 Å². The van der Waals surface area contributed by atoms with Crippen molar-refractivity contribution in [1.29, 1.82) is 0 Å². The number of urea groups is 1. The molecule has 5 rings (SSSR count). The van der Waals surface area contributed by atoms with Crippen molar-refractivity contribution >= 4 is 50.0 Å². The number of nitrogens with zero attached hydrogens (tertiary/aromatic N) is 4. The summed E-state index contributed by atoms with van der Waals surface area (Å²) >= 11 is 3.55. The molecule has 0 radical (unpaired) electrons. The minimum atomic E-state index is -0.0382. The number of rotatable bonds is 3. The molecule has 1 fully saturated rings. The number of aryl methyl sites for hydroxylation is 1. The maximum atomic E-state index is 12.8. The molecule has 1 aliphatic rings. The third-order valence-electron chi connectivity index (χ3n) is 5.91. The average Bonchev–Trinajstić information content (AvgIpc) is 3.29. The van der Waals surface area contributed by atoms with Gasteiger partial charge in [0.05, 0.1) is 16.6 Å². The van der Waals surface area contributed by atoms with Crippen LogP contribution < -0.4 is 10.2 Å². The number of fused-ring (bicyclic) bond motifs is 3. The minimum Gasteiger partial charge on any atom is -0.351 e. The van der Waals surface area contributed by atoms with Crippen molar-refractivity contribution in [3.8, 4) is 0 Å². The van der Waals surface area contributed by atoms with Crippen molar-refractivity contribution in [2.24, 2.45) is 0 Å². The van der Waals surface area contributed by atoms with E-state index in [1.165, 1.54) is 0 Å². The Hall–Kier alpha value is -3.06. The fraction of sp³-hybridized carbons (Fsp3) is 0.250. The van der Waals surface area contributed by atoms with Gasteiger partial charge >= 0.3 is 6.03 Å². The first kappa shape index (κ1) is 19.9. The van der Waals surface area contributed by atoms with Gasteiger partial charge in [0, 0.05) is 42.5 Å². The highest BCUT2D eigenvalue weighted by molar-refractivity contribution is 9.10. The Morgan fingerprint density at radius 3 is 2.65 bits per heavy atom. The van der Waals surface area contributed by atoms with Gasteiger partial charge < -0.3 is 19.5 Å². The molecule has 1 aliphatic heterocycles. The molecule has 3 heterocycles. The van der Waals surface area contributed by atoms with E-state index in [-0.39, 0.29) is 6.03 Å². The van der Waals surface area contributed by atoms with Crippen LogP contribution >= 0.6 is 15.9 Å². The average molecular weight is 478 g/mol. The molecule has 0 saturated carbocycles. The largest absolute Gasteiger partial charge is 0.351 e. The summed E-state index contributed by atoms with van der Waals surface area (Å²) in [6.07, 6.45) is 2.97. The highest BCUT2D eigenvalue weighted by Gasteiger charge is 2.24. The molecule has 1 saturated heterocycles. The molecule has 158 valence electrons. The zero-order chi connectivity index (χ0) is 21.4. The first-order valence-corrected chi connectivity index (χ1v) is 11.4. The maximum absolute atomic E-state index is 12.8. The zero-order valence-corrected chi connectivity index (χ0v) is 19.0. The second-order valence-corrected chi connectivity index (χ2v) is 8.66. The van der Waals surface area contributed by atoms with Gasteiger partial charge in [-0.05, 0) is 48.4 Å². The monoisotopic (exact) mass is 477 g/mol. The van der Waals surface area contributed by atoms with Crippen molar-refractivity contribution in [2.45, 2.75) is 13.3 Å². The summed E-state index contributed by atoms with van der Waals surface area (Å²) in [4.78, 5) is 22.0. The standard InChI is InChI=1S/C24H24BrN5O/c1-2-17-6-3-4-7-19(17)27-24(31)29-14-12-28(13-15-29)23-22-8-5-11-30(22)21-10-9-18(25)16-20(21)26-23/h3-11,16H,2,12-15H2,1H3,(H,27,31). The number of amides is 2. The molecule has 1 N–H and O–H groups in total. The lowest BCUT2D eigenvalue weighted by Crippen LogP contribution is -2.50. The van der Waals surface area contributed by atoms with Crippen LogP contribution in [-0.2, 0) is 6.42 Å². The van der Waals surface area contributed by atoms with Crippen LogP contribution in [-0.4, -0.2) is 46.5 Å². The van der Waals surface area contributed by atoms with Gasteiger partial charge in [-0.3, -0.25) is 0 Å². The number of aromatic nitrogens is 2. The highest BCUT2D eigenvalue weighted by Crippen LogP contribution is 2.28. The van der Waals surface area contributed by atoms with Gasteiger partial charge in [0.25, 0.3) is 0 Å². The Balaban J connectivity index is 1.35. The van der Waals surface area contributed by atoms with Crippen LogP contribution in [0, 0.1) is 0 Å². The lowest BCUT2D eigenvalue weighted by Gasteiger charge is -2.35. The first-order valence-electron chi connectivity index (χ1n) is 10.6. The van der Waals surface area contributed by atoms with Crippen LogP contribution in [0.3, 0.4) is 0 Å². The van der Waals surface area contributed by atoms with E-state index >= 15 is 0 Å². The van der Waals surface area contributed by atoms with E-state index in [0.29, 0.717) is 13.1 Å². The van der Waals surface area contributed by atoms with Crippen LogP contribution in [0.4, 0.5) is 16.3 Å². The van der Waals surface area contributed by atoms with Crippen LogP contribution in [0.1, 0.15) is 12.5 Å². The second-order valence-electron chi connectivity index (χ2n) is 7.75. The fourth-order valence-corrected chi connectivity index (χ4v) is 4.58. The van der Waals surface area contributed by atoms with E-state index in [9.17, 15) is 4.79 Å². The molecule has 0 spiro atoms. The molecule has 4 aromatic rings. The van der Waals surface area contributed by atoms with E-state index in [2.05, 4.69) is 67.9 Å². The second kappa shape index (κ2) is 8.23. The van der Waals surface area contributed by atoms with Gasteiger partial charge in [0.15, 0.2) is 5.82 Å². The predicted molar refractivity (Wildman–Crippen MR) is 129 cm³/mol. The van der Waals surface area contributed by atoms with Crippen LogP contribution in [0.25, 0.3) is 16.6 Å². The lowest BCUT2D eigenvalue weighted by molar-refractivity contribution is 0.208. The molecular formula is C24H24BrN5O. The Kier molecular flexibility index (Phi) is 5.28. The molecule has 6 nitrogen and oxygen atoms in total. The lowest BCUT2D eigenvalue weighted by atomic mass is 10.1. The number of benzene rings is 2. The van der Waals surface area contributed by atoms with Gasteiger partial charge in [-0.15, -0.1) is 0 Å². The van der Waals surface area contributed by atoms with Crippen LogP contribution in [0.15, 0.2) is 65.3 Å². The number of carbonyl (C=O) groups excluding carboxylic acids is 1. The number of hydrogen-bond donors (Lipinski definition) is 1. The quantitative estimate of drug-likeness (QED) is 0.442.